The van der Waals surface area contributed by atoms with Crippen molar-refractivity contribution in [2.45, 2.75) is 32.2 Å². The summed E-state index contributed by atoms with van der Waals surface area (Å²) in [6.45, 7) is 3.81. The van der Waals surface area contributed by atoms with Gasteiger partial charge in [0.15, 0.2) is 5.15 Å². The Labute approximate surface area is 267 Å². The molecule has 2 N–H and O–H groups in total. The summed E-state index contributed by atoms with van der Waals surface area (Å²) >= 11 is 6.28. The van der Waals surface area contributed by atoms with Crippen molar-refractivity contribution in [1.29, 1.82) is 0 Å². The number of halogens is 1. The van der Waals surface area contributed by atoms with Gasteiger partial charge in [0.1, 0.15) is 5.82 Å². The highest BCUT2D eigenvalue weighted by molar-refractivity contribution is 6.32. The number of urea groups is 1. The van der Waals surface area contributed by atoms with E-state index in [0.29, 0.717) is 42.4 Å². The van der Waals surface area contributed by atoms with E-state index < -0.39 is 0 Å². The molecule has 0 aliphatic carbocycles. The highest BCUT2D eigenvalue weighted by Crippen LogP contribution is 2.34. The minimum absolute atomic E-state index is 0.223. The quantitative estimate of drug-likeness (QED) is 0.223. The normalized spacial score (nSPS) is 15.6. The number of rotatable bonds is 9. The standard InChI is InChI=1S/C33H36ClN9O2/c1-40-23-28(30(34)39-40)37-32-35-21-25-15-19-42(22-24-10-4-2-5-11-24)33(45)43(31(25)38-32)27-13-8-12-26(20-27)36-29(44)14-9-18-41-16-6-3-7-17-41/h2,4-5,8-14,20-21,23H,3,6-7,15-19,22H2,1H3,(H,36,44)(H,35,37,38)/b14-9+. The zero-order valence-corrected chi connectivity index (χ0v) is 26.0. The van der Waals surface area contributed by atoms with Gasteiger partial charge in [0.25, 0.3) is 0 Å². The lowest BCUT2D eigenvalue weighted by molar-refractivity contribution is -0.111. The van der Waals surface area contributed by atoms with Crippen molar-refractivity contribution in [2.75, 3.05) is 41.7 Å². The molecule has 12 heteroatoms. The number of likely N-dealkylation sites (tertiary alicyclic amines) is 1. The van der Waals surface area contributed by atoms with E-state index in [1.807, 2.05) is 54.6 Å². The van der Waals surface area contributed by atoms with Crippen LogP contribution in [-0.2, 0) is 24.8 Å². The van der Waals surface area contributed by atoms with Crippen molar-refractivity contribution >= 4 is 52.4 Å². The lowest BCUT2D eigenvalue weighted by Gasteiger charge is -2.28. The highest BCUT2D eigenvalue weighted by atomic mass is 35.5. The van der Waals surface area contributed by atoms with Crippen molar-refractivity contribution in [3.05, 3.63) is 95.4 Å². The van der Waals surface area contributed by atoms with Crippen LogP contribution in [0.1, 0.15) is 30.4 Å². The van der Waals surface area contributed by atoms with Gasteiger partial charge in [-0.2, -0.15) is 10.1 Å². The number of hydrogen-bond acceptors (Lipinski definition) is 7. The topological polar surface area (TPSA) is 112 Å². The van der Waals surface area contributed by atoms with Crippen LogP contribution in [0, 0.1) is 0 Å². The van der Waals surface area contributed by atoms with Crippen LogP contribution in [0.2, 0.25) is 5.15 Å². The highest BCUT2D eigenvalue weighted by Gasteiger charge is 2.31. The summed E-state index contributed by atoms with van der Waals surface area (Å²) in [6.07, 6.45) is 11.2. The summed E-state index contributed by atoms with van der Waals surface area (Å²) in [7, 11) is 1.77. The predicted octanol–water partition coefficient (Wildman–Crippen LogP) is 5.90. The third-order valence-corrected chi connectivity index (χ3v) is 8.15. The van der Waals surface area contributed by atoms with Crippen LogP contribution in [-0.4, -0.2) is 67.7 Å². The lowest BCUT2D eigenvalue weighted by atomic mass is 10.1. The molecule has 0 unspecified atom stereocenters. The molecule has 2 aliphatic rings. The van der Waals surface area contributed by atoms with Crippen molar-refractivity contribution in [3.63, 3.8) is 0 Å². The number of nitrogens with one attached hydrogen (secondary N) is 2. The van der Waals surface area contributed by atoms with E-state index in [-0.39, 0.29) is 23.0 Å². The van der Waals surface area contributed by atoms with Gasteiger partial charge >= 0.3 is 6.03 Å². The molecule has 0 spiro atoms. The monoisotopic (exact) mass is 625 g/mol. The Hall–Kier alpha value is -4.74. The second kappa shape index (κ2) is 13.9. The van der Waals surface area contributed by atoms with Crippen LogP contribution in [0.5, 0.6) is 0 Å². The number of aryl methyl sites for hydroxylation is 1. The van der Waals surface area contributed by atoms with Crippen molar-refractivity contribution in [1.82, 2.24) is 29.5 Å². The molecule has 0 saturated carbocycles. The number of fused-ring (bicyclic) bond motifs is 1. The molecule has 1 saturated heterocycles. The molecule has 232 valence electrons. The number of piperidine rings is 1. The average Bonchev–Trinajstić information content (AvgIpc) is 3.29. The molecule has 2 aliphatic heterocycles. The molecule has 4 aromatic rings. The first-order valence-electron chi connectivity index (χ1n) is 15.2. The maximum absolute atomic E-state index is 14.3. The van der Waals surface area contributed by atoms with E-state index in [0.717, 1.165) is 30.8 Å². The molecule has 0 radical (unpaired) electrons. The third kappa shape index (κ3) is 7.50. The number of benzene rings is 2. The van der Waals surface area contributed by atoms with E-state index >= 15 is 0 Å². The largest absolute Gasteiger partial charge is 0.330 e. The molecular formula is C33H36ClN9O2. The van der Waals surface area contributed by atoms with Crippen LogP contribution >= 0.6 is 11.6 Å². The van der Waals surface area contributed by atoms with Gasteiger partial charge in [-0.05, 0) is 56.1 Å². The molecule has 2 aromatic carbocycles. The van der Waals surface area contributed by atoms with Gasteiger partial charge in [0.2, 0.25) is 11.9 Å². The number of carbonyl (C=O) groups excluding carboxylic acids is 2. The summed E-state index contributed by atoms with van der Waals surface area (Å²) in [5, 5.41) is 10.5. The van der Waals surface area contributed by atoms with Gasteiger partial charge in [0, 0.05) is 56.4 Å². The third-order valence-electron chi connectivity index (χ3n) is 7.87. The van der Waals surface area contributed by atoms with Crippen molar-refractivity contribution < 1.29 is 9.59 Å². The first-order valence-corrected chi connectivity index (χ1v) is 15.6. The maximum atomic E-state index is 14.3. The SMILES string of the molecule is Cn1cc(Nc2ncc3c(n2)N(c2cccc(NC(=O)/C=C/CN4CCCCC4)c2)C(=O)N(Cc2ccccc2)CC3)c(Cl)n1. The van der Waals surface area contributed by atoms with Gasteiger partial charge in [-0.1, -0.05) is 60.5 Å². The van der Waals surface area contributed by atoms with E-state index in [1.54, 1.807) is 46.1 Å². The van der Waals surface area contributed by atoms with E-state index in [9.17, 15) is 9.59 Å². The number of carbonyl (C=O) groups is 2. The predicted molar refractivity (Wildman–Crippen MR) is 176 cm³/mol. The van der Waals surface area contributed by atoms with Crippen molar-refractivity contribution in [3.8, 4) is 0 Å². The fraction of sp³-hybridized carbons (Fsp3) is 0.303. The Bertz CT molecular complexity index is 1680. The molecule has 4 heterocycles. The van der Waals surface area contributed by atoms with Gasteiger partial charge in [-0.3, -0.25) is 14.4 Å². The summed E-state index contributed by atoms with van der Waals surface area (Å²) in [4.78, 5) is 42.2. The van der Waals surface area contributed by atoms with Gasteiger partial charge < -0.3 is 15.5 Å². The smallest absolute Gasteiger partial charge is 0.322 e. The molecule has 11 nitrogen and oxygen atoms in total. The molecular weight excluding hydrogens is 590 g/mol. The first kappa shape index (κ1) is 30.3. The van der Waals surface area contributed by atoms with E-state index in [2.05, 4.69) is 25.6 Å². The molecule has 6 rings (SSSR count). The average molecular weight is 626 g/mol. The van der Waals surface area contributed by atoms with E-state index in [4.69, 9.17) is 16.6 Å². The number of nitrogens with zero attached hydrogens (tertiary/aromatic N) is 7. The Morgan fingerprint density at radius 1 is 1.04 bits per heavy atom. The minimum atomic E-state index is -0.230. The van der Waals surface area contributed by atoms with Crippen LogP contribution < -0.4 is 15.5 Å². The van der Waals surface area contributed by atoms with Gasteiger partial charge in [-0.15, -0.1) is 0 Å². The zero-order valence-electron chi connectivity index (χ0n) is 25.2. The summed E-state index contributed by atoms with van der Waals surface area (Å²) in [6, 6.07) is 16.9. The second-order valence-electron chi connectivity index (χ2n) is 11.3. The Morgan fingerprint density at radius 3 is 2.64 bits per heavy atom. The zero-order chi connectivity index (χ0) is 31.2. The van der Waals surface area contributed by atoms with Crippen molar-refractivity contribution in [2.24, 2.45) is 7.05 Å². The Balaban J connectivity index is 1.28. The maximum Gasteiger partial charge on any atom is 0.330 e. The number of hydrogen-bond donors (Lipinski definition) is 2. The Morgan fingerprint density at radius 2 is 1.87 bits per heavy atom. The molecule has 2 aromatic heterocycles. The van der Waals surface area contributed by atoms with Crippen LogP contribution in [0.3, 0.4) is 0 Å². The minimum Gasteiger partial charge on any atom is -0.322 e. The fourth-order valence-corrected chi connectivity index (χ4v) is 5.83. The molecule has 3 amide bonds. The van der Waals surface area contributed by atoms with Gasteiger partial charge in [0.05, 0.1) is 11.4 Å². The summed E-state index contributed by atoms with van der Waals surface area (Å²) in [5.74, 6) is 0.513. The Kier molecular flexibility index (Phi) is 9.37. The summed E-state index contributed by atoms with van der Waals surface area (Å²) < 4.78 is 1.59. The van der Waals surface area contributed by atoms with Gasteiger partial charge in [-0.25, -0.2) is 14.7 Å². The number of anilines is 5. The van der Waals surface area contributed by atoms with E-state index in [1.165, 1.54) is 19.3 Å². The van der Waals surface area contributed by atoms with Crippen LogP contribution in [0.4, 0.5) is 33.6 Å². The molecule has 1 fully saturated rings. The number of aromatic nitrogens is 4. The number of amides is 3. The summed E-state index contributed by atoms with van der Waals surface area (Å²) in [5.41, 5.74) is 3.53. The second-order valence-corrected chi connectivity index (χ2v) is 11.6. The lowest BCUT2D eigenvalue weighted by Crippen LogP contribution is -2.40. The van der Waals surface area contributed by atoms with Crippen LogP contribution in [0.25, 0.3) is 0 Å². The van der Waals surface area contributed by atoms with Crippen LogP contribution in [0.15, 0.2) is 79.1 Å². The fourth-order valence-electron chi connectivity index (χ4n) is 5.62. The molecule has 45 heavy (non-hydrogen) atoms. The molecule has 0 bridgehead atoms. The molecule has 0 atom stereocenters. The first-order chi connectivity index (χ1) is 21.9.